The van der Waals surface area contributed by atoms with Crippen molar-refractivity contribution in [2.24, 2.45) is 0 Å². The molecule has 0 aliphatic rings. The molecule has 0 aliphatic heterocycles. The fraction of sp³-hybridized carbons (Fsp3) is 0.267. The topological polar surface area (TPSA) is 12.0 Å². The van der Waals surface area contributed by atoms with Gasteiger partial charge in [-0.25, -0.2) is 0 Å². The summed E-state index contributed by atoms with van der Waals surface area (Å²) in [5, 5.41) is 6.39. The van der Waals surface area contributed by atoms with E-state index in [0.29, 0.717) is 0 Å². The first-order chi connectivity index (χ1) is 14.8. The summed E-state index contributed by atoms with van der Waals surface area (Å²) in [6.07, 6.45) is 0. The van der Waals surface area contributed by atoms with Crippen LogP contribution in [-0.2, 0) is 5.41 Å². The molecule has 1 atom stereocenters. The molecule has 1 heteroatoms. The number of aryl methyl sites for hydroxylation is 1. The second-order valence-corrected chi connectivity index (χ2v) is 9.72. The Labute approximate surface area is 187 Å². The van der Waals surface area contributed by atoms with Crippen LogP contribution in [-0.4, -0.2) is 0 Å². The summed E-state index contributed by atoms with van der Waals surface area (Å²) in [6.45, 7) is 13.6. The number of hydrogen-bond donors (Lipinski definition) is 1. The molecule has 4 aromatic carbocycles. The maximum Gasteiger partial charge on any atom is 0.0485 e. The van der Waals surface area contributed by atoms with Crippen LogP contribution >= 0.6 is 0 Å². The van der Waals surface area contributed by atoms with E-state index in [1.165, 1.54) is 49.8 Å². The first-order valence-electron chi connectivity index (χ1n) is 11.2. The molecule has 158 valence electrons. The van der Waals surface area contributed by atoms with Crippen LogP contribution in [0.5, 0.6) is 0 Å². The highest BCUT2D eigenvalue weighted by Gasteiger charge is 2.22. The molecule has 0 fully saturated rings. The zero-order chi connectivity index (χ0) is 22.2. The number of hydrogen-bond acceptors (Lipinski definition) is 1. The summed E-state index contributed by atoms with van der Waals surface area (Å²) in [7, 11) is 0. The van der Waals surface area contributed by atoms with Gasteiger partial charge < -0.3 is 5.32 Å². The second-order valence-electron chi connectivity index (χ2n) is 9.72. The molecule has 1 unspecified atom stereocenters. The van der Waals surface area contributed by atoms with Crippen molar-refractivity contribution in [1.29, 1.82) is 0 Å². The first kappa shape index (κ1) is 21.2. The minimum absolute atomic E-state index is 0.0976. The zero-order valence-corrected chi connectivity index (χ0v) is 19.6. The Bertz CT molecular complexity index is 1210. The molecule has 0 aliphatic carbocycles. The van der Waals surface area contributed by atoms with Crippen LogP contribution < -0.4 is 5.32 Å². The first-order valence-corrected chi connectivity index (χ1v) is 11.2. The molecule has 4 rings (SSSR count). The normalized spacial score (nSPS) is 12.7. The van der Waals surface area contributed by atoms with E-state index in [2.05, 4.69) is 126 Å². The van der Waals surface area contributed by atoms with Gasteiger partial charge >= 0.3 is 0 Å². The molecule has 1 N–H and O–H groups in total. The molecule has 0 heterocycles. The number of nitrogens with one attached hydrogen (secondary N) is 1. The Morgan fingerprint density at radius 3 is 2.16 bits per heavy atom. The van der Waals surface area contributed by atoms with Crippen molar-refractivity contribution in [3.63, 3.8) is 0 Å². The van der Waals surface area contributed by atoms with Crippen molar-refractivity contribution >= 4 is 16.5 Å². The molecule has 0 aromatic heterocycles. The number of fused-ring (bicyclic) bond motifs is 1. The molecule has 0 radical (unpaired) electrons. The molecular weight excluding hydrogens is 374 g/mol. The summed E-state index contributed by atoms with van der Waals surface area (Å²) in [6, 6.07) is 28.8. The molecule has 1 nitrogen and oxygen atoms in total. The fourth-order valence-electron chi connectivity index (χ4n) is 4.64. The van der Waals surface area contributed by atoms with Gasteiger partial charge in [0.2, 0.25) is 0 Å². The number of benzene rings is 4. The summed E-state index contributed by atoms with van der Waals surface area (Å²) in [4.78, 5) is 0. The number of anilines is 1. The summed E-state index contributed by atoms with van der Waals surface area (Å²) in [5.41, 5.74) is 9.28. The van der Waals surface area contributed by atoms with E-state index in [0.717, 1.165) is 0 Å². The molecular formula is C30H33N. The Morgan fingerprint density at radius 1 is 0.774 bits per heavy atom. The minimum Gasteiger partial charge on any atom is -0.378 e. The summed E-state index contributed by atoms with van der Waals surface area (Å²) >= 11 is 0. The van der Waals surface area contributed by atoms with E-state index in [1.54, 1.807) is 0 Å². The molecule has 0 amide bonds. The maximum absolute atomic E-state index is 3.82. The molecule has 0 bridgehead atoms. The van der Waals surface area contributed by atoms with Gasteiger partial charge in [0, 0.05) is 17.3 Å². The summed E-state index contributed by atoms with van der Waals surface area (Å²) < 4.78 is 0. The van der Waals surface area contributed by atoms with Gasteiger partial charge in [-0.3, -0.25) is 0 Å². The van der Waals surface area contributed by atoms with E-state index >= 15 is 0 Å². The third-order valence-electron chi connectivity index (χ3n) is 6.23. The zero-order valence-electron chi connectivity index (χ0n) is 19.6. The van der Waals surface area contributed by atoms with Crippen molar-refractivity contribution in [3.05, 3.63) is 101 Å². The van der Waals surface area contributed by atoms with E-state index in [4.69, 9.17) is 0 Å². The highest BCUT2D eigenvalue weighted by Crippen LogP contribution is 2.41. The lowest BCUT2D eigenvalue weighted by Gasteiger charge is -2.26. The Kier molecular flexibility index (Phi) is 5.62. The van der Waals surface area contributed by atoms with Gasteiger partial charge in [0.1, 0.15) is 0 Å². The van der Waals surface area contributed by atoms with E-state index < -0.39 is 0 Å². The maximum atomic E-state index is 3.82. The SMILES string of the molecule is Cc1cc(-c2c(NC(C)c3ccccc3)ccc3ccccc23)c(C)c(C(C)(C)C)c1. The van der Waals surface area contributed by atoms with Crippen molar-refractivity contribution in [1.82, 2.24) is 0 Å². The average Bonchev–Trinajstić information content (AvgIpc) is 2.75. The van der Waals surface area contributed by atoms with Crippen LogP contribution in [0.25, 0.3) is 21.9 Å². The lowest BCUT2D eigenvalue weighted by Crippen LogP contribution is -2.14. The molecule has 0 saturated carbocycles. The minimum atomic E-state index is 0.0976. The van der Waals surface area contributed by atoms with Crippen LogP contribution in [0.2, 0.25) is 0 Å². The molecule has 31 heavy (non-hydrogen) atoms. The lowest BCUT2D eigenvalue weighted by atomic mass is 9.79. The quantitative estimate of drug-likeness (QED) is 0.357. The highest BCUT2D eigenvalue weighted by atomic mass is 14.9. The highest BCUT2D eigenvalue weighted by molar-refractivity contribution is 6.03. The average molecular weight is 408 g/mol. The van der Waals surface area contributed by atoms with Crippen LogP contribution in [0, 0.1) is 13.8 Å². The second kappa shape index (κ2) is 8.23. The van der Waals surface area contributed by atoms with Crippen molar-refractivity contribution in [3.8, 4) is 11.1 Å². The predicted molar refractivity (Wildman–Crippen MR) is 136 cm³/mol. The lowest BCUT2D eigenvalue weighted by molar-refractivity contribution is 0.586. The molecule has 4 aromatic rings. The predicted octanol–water partition coefficient (Wildman–Crippen LogP) is 8.59. The third-order valence-corrected chi connectivity index (χ3v) is 6.23. The Balaban J connectivity index is 1.95. The molecule has 0 spiro atoms. The van der Waals surface area contributed by atoms with Gasteiger partial charge in [-0.15, -0.1) is 0 Å². The van der Waals surface area contributed by atoms with Crippen molar-refractivity contribution < 1.29 is 0 Å². The number of rotatable bonds is 4. The van der Waals surface area contributed by atoms with Crippen molar-refractivity contribution in [2.75, 3.05) is 5.32 Å². The standard InChI is InChI=1S/C30H33N/c1-20-18-26(21(2)27(19-20)30(4,5)6)29-25-15-11-10-14-24(25)16-17-28(29)31-22(3)23-12-8-7-9-13-23/h7-19,22,31H,1-6H3. The van der Waals surface area contributed by atoms with Gasteiger partial charge in [0.05, 0.1) is 0 Å². The van der Waals surface area contributed by atoms with Crippen LogP contribution in [0.4, 0.5) is 5.69 Å². The molecule has 0 saturated heterocycles. The largest absolute Gasteiger partial charge is 0.378 e. The van der Waals surface area contributed by atoms with Gasteiger partial charge in [0.25, 0.3) is 0 Å². The fourth-order valence-corrected chi connectivity index (χ4v) is 4.64. The van der Waals surface area contributed by atoms with Gasteiger partial charge in [-0.05, 0) is 65.3 Å². The van der Waals surface area contributed by atoms with E-state index in [1.807, 2.05) is 0 Å². The van der Waals surface area contributed by atoms with Gasteiger partial charge in [0.15, 0.2) is 0 Å². The summed E-state index contributed by atoms with van der Waals surface area (Å²) in [5.74, 6) is 0. The Hall–Kier alpha value is -3.06. The third kappa shape index (κ3) is 4.23. The van der Waals surface area contributed by atoms with Crippen LogP contribution in [0.3, 0.4) is 0 Å². The van der Waals surface area contributed by atoms with Gasteiger partial charge in [-0.2, -0.15) is 0 Å². The van der Waals surface area contributed by atoms with Crippen LogP contribution in [0.1, 0.15) is 56.0 Å². The Morgan fingerprint density at radius 2 is 1.45 bits per heavy atom. The smallest absolute Gasteiger partial charge is 0.0485 e. The monoisotopic (exact) mass is 407 g/mol. The van der Waals surface area contributed by atoms with Crippen LogP contribution in [0.15, 0.2) is 78.9 Å². The van der Waals surface area contributed by atoms with Crippen molar-refractivity contribution in [2.45, 2.75) is 53.0 Å². The van der Waals surface area contributed by atoms with E-state index in [9.17, 15) is 0 Å². The van der Waals surface area contributed by atoms with E-state index in [-0.39, 0.29) is 11.5 Å². The van der Waals surface area contributed by atoms with Gasteiger partial charge in [-0.1, -0.05) is 99.1 Å².